The fourth-order valence-corrected chi connectivity index (χ4v) is 1.06. The summed E-state index contributed by atoms with van der Waals surface area (Å²) < 4.78 is 0. The van der Waals surface area contributed by atoms with E-state index in [9.17, 15) is 9.90 Å². The molecule has 1 heterocycles. The topological polar surface area (TPSA) is 52.2 Å². The van der Waals surface area contributed by atoms with Crippen molar-refractivity contribution in [3.05, 3.63) is 0 Å². The first kappa shape index (κ1) is 9.72. The summed E-state index contributed by atoms with van der Waals surface area (Å²) >= 11 is 0. The molecule has 0 aromatic heterocycles. The predicted octanol–water partition coefficient (Wildman–Crippen LogP) is -0.842. The van der Waals surface area contributed by atoms with Gasteiger partial charge in [0.05, 0.1) is 0 Å². The van der Waals surface area contributed by atoms with E-state index in [0.29, 0.717) is 0 Å². The van der Waals surface area contributed by atoms with Gasteiger partial charge in [-0.15, -0.1) is 12.4 Å². The molecule has 0 unspecified atom stereocenters. The molecule has 1 aliphatic rings. The number of nitrogens with one attached hydrogen (secondary N) is 1. The first-order valence-corrected chi connectivity index (χ1v) is 3.22. The van der Waals surface area contributed by atoms with Crippen LogP contribution in [0.5, 0.6) is 0 Å². The zero-order valence-electron chi connectivity index (χ0n) is 5.63. The Morgan fingerprint density at radius 1 is 1.40 bits per heavy atom. The van der Waals surface area contributed by atoms with Gasteiger partial charge in [-0.25, -0.2) is 0 Å². The Labute approximate surface area is 66.2 Å². The highest BCUT2D eigenvalue weighted by Gasteiger charge is 2.12. The van der Waals surface area contributed by atoms with Crippen molar-refractivity contribution < 1.29 is 9.90 Å². The summed E-state index contributed by atoms with van der Waals surface area (Å²) in [6.45, 7) is 1.64. The Kier molecular flexibility index (Phi) is 4.40. The van der Waals surface area contributed by atoms with Gasteiger partial charge in [-0.05, 0) is 25.9 Å². The van der Waals surface area contributed by atoms with Crippen LogP contribution in [0.1, 0.15) is 12.8 Å². The van der Waals surface area contributed by atoms with Crippen molar-refractivity contribution in [1.29, 1.82) is 0 Å². The Morgan fingerprint density at radius 3 is 2.20 bits per heavy atom. The molecule has 4 heteroatoms. The summed E-state index contributed by atoms with van der Waals surface area (Å²) in [7, 11) is 0. The van der Waals surface area contributed by atoms with Crippen LogP contribution in [0.3, 0.4) is 0 Å². The van der Waals surface area contributed by atoms with E-state index in [1.807, 2.05) is 0 Å². The zero-order chi connectivity index (χ0) is 6.69. The number of carboxylic acids is 1. The maximum atomic E-state index is 10.2. The van der Waals surface area contributed by atoms with Crippen molar-refractivity contribution in [2.75, 3.05) is 13.1 Å². The van der Waals surface area contributed by atoms with E-state index in [1.165, 1.54) is 0 Å². The number of halogens is 1. The third-order valence-electron chi connectivity index (χ3n) is 1.67. The van der Waals surface area contributed by atoms with Crippen LogP contribution in [0.25, 0.3) is 0 Å². The molecule has 0 bridgehead atoms. The van der Waals surface area contributed by atoms with Crippen LogP contribution in [0, 0.1) is 5.92 Å². The van der Waals surface area contributed by atoms with Gasteiger partial charge in [-0.3, -0.25) is 0 Å². The summed E-state index contributed by atoms with van der Waals surface area (Å²) in [5.41, 5.74) is 0. The lowest BCUT2D eigenvalue weighted by Crippen LogP contribution is -2.38. The van der Waals surface area contributed by atoms with E-state index >= 15 is 0 Å². The van der Waals surface area contributed by atoms with Crippen LogP contribution in [-0.4, -0.2) is 19.1 Å². The maximum absolute atomic E-state index is 10.2. The molecule has 1 fully saturated rings. The SMILES string of the molecule is Cl.O=C([O-])C1CCNCC1. The van der Waals surface area contributed by atoms with Crippen LogP contribution in [0.4, 0.5) is 0 Å². The molecule has 60 valence electrons. The predicted molar refractivity (Wildman–Crippen MR) is 37.8 cm³/mol. The van der Waals surface area contributed by atoms with Crippen LogP contribution in [-0.2, 0) is 4.79 Å². The van der Waals surface area contributed by atoms with Crippen LogP contribution in [0.15, 0.2) is 0 Å². The van der Waals surface area contributed by atoms with E-state index in [4.69, 9.17) is 0 Å². The Balaban J connectivity index is 0.000000810. The molecule has 0 amide bonds. The first-order valence-electron chi connectivity index (χ1n) is 3.22. The third-order valence-corrected chi connectivity index (χ3v) is 1.67. The molecule has 10 heavy (non-hydrogen) atoms. The van der Waals surface area contributed by atoms with Gasteiger partial charge in [-0.2, -0.15) is 0 Å². The Hall–Kier alpha value is -0.280. The quantitative estimate of drug-likeness (QED) is 0.550. The van der Waals surface area contributed by atoms with Gasteiger partial charge in [-0.1, -0.05) is 0 Å². The molecule has 1 saturated heterocycles. The average Bonchev–Trinajstić information content (AvgIpc) is 1.90. The number of carbonyl (C=O) groups is 1. The summed E-state index contributed by atoms with van der Waals surface area (Å²) in [6, 6.07) is 0. The monoisotopic (exact) mass is 164 g/mol. The Morgan fingerprint density at radius 2 is 1.90 bits per heavy atom. The third kappa shape index (κ3) is 2.54. The molecule has 0 aromatic rings. The minimum atomic E-state index is -0.892. The minimum absolute atomic E-state index is 0. The normalized spacial score (nSPS) is 19.6. The van der Waals surface area contributed by atoms with Crippen molar-refractivity contribution in [2.24, 2.45) is 5.92 Å². The molecule has 0 spiro atoms. The molecule has 0 aliphatic carbocycles. The standard InChI is InChI=1S/C6H11NO2.ClH/c8-6(9)5-1-3-7-4-2-5;/h5,7H,1-4H2,(H,8,9);1H/p-1. The average molecular weight is 165 g/mol. The Bertz CT molecular complexity index is 112. The number of aliphatic carboxylic acids is 1. The van der Waals surface area contributed by atoms with E-state index < -0.39 is 5.97 Å². The first-order chi connectivity index (χ1) is 4.30. The van der Waals surface area contributed by atoms with Crippen LogP contribution in [0.2, 0.25) is 0 Å². The van der Waals surface area contributed by atoms with Crippen molar-refractivity contribution in [1.82, 2.24) is 5.32 Å². The van der Waals surface area contributed by atoms with Gasteiger partial charge < -0.3 is 15.2 Å². The summed E-state index contributed by atoms with van der Waals surface area (Å²) in [4.78, 5) is 10.2. The summed E-state index contributed by atoms with van der Waals surface area (Å²) in [5.74, 6) is -1.09. The number of rotatable bonds is 1. The molecular formula is C6H11ClNO2-. The molecule has 0 aromatic carbocycles. The minimum Gasteiger partial charge on any atom is -0.550 e. The lowest BCUT2D eigenvalue weighted by atomic mass is 9.99. The van der Waals surface area contributed by atoms with E-state index in [1.54, 1.807) is 0 Å². The van der Waals surface area contributed by atoms with Crippen LogP contribution < -0.4 is 10.4 Å². The second-order valence-corrected chi connectivity index (χ2v) is 2.34. The lowest BCUT2D eigenvalue weighted by molar-refractivity contribution is -0.312. The summed E-state index contributed by atoms with van der Waals surface area (Å²) in [6.07, 6.45) is 1.45. The van der Waals surface area contributed by atoms with E-state index in [-0.39, 0.29) is 18.3 Å². The zero-order valence-corrected chi connectivity index (χ0v) is 6.45. The number of hydrogen-bond donors (Lipinski definition) is 1. The number of carboxylic acid groups (broad SMARTS) is 1. The van der Waals surface area contributed by atoms with Gasteiger partial charge in [0.2, 0.25) is 0 Å². The van der Waals surface area contributed by atoms with Crippen molar-refractivity contribution in [3.63, 3.8) is 0 Å². The van der Waals surface area contributed by atoms with Gasteiger partial charge >= 0.3 is 0 Å². The number of piperidine rings is 1. The molecule has 1 aliphatic heterocycles. The lowest BCUT2D eigenvalue weighted by Gasteiger charge is -2.22. The van der Waals surface area contributed by atoms with Crippen molar-refractivity contribution in [3.8, 4) is 0 Å². The number of carbonyl (C=O) groups excluding carboxylic acids is 1. The molecular weight excluding hydrogens is 154 g/mol. The largest absolute Gasteiger partial charge is 0.550 e. The second-order valence-electron chi connectivity index (χ2n) is 2.34. The summed E-state index contributed by atoms with van der Waals surface area (Å²) in [5, 5.41) is 13.3. The maximum Gasteiger partial charge on any atom is 0.0446 e. The van der Waals surface area contributed by atoms with Gasteiger partial charge in [0.1, 0.15) is 0 Å². The second kappa shape index (κ2) is 4.52. The van der Waals surface area contributed by atoms with Crippen molar-refractivity contribution >= 4 is 18.4 Å². The molecule has 1 rings (SSSR count). The fraction of sp³-hybridized carbons (Fsp3) is 0.833. The van der Waals surface area contributed by atoms with Gasteiger partial charge in [0.15, 0.2) is 0 Å². The molecule has 1 N–H and O–H groups in total. The van der Waals surface area contributed by atoms with E-state index in [0.717, 1.165) is 25.9 Å². The van der Waals surface area contributed by atoms with Gasteiger partial charge in [0.25, 0.3) is 0 Å². The van der Waals surface area contributed by atoms with Crippen LogP contribution >= 0.6 is 12.4 Å². The highest BCUT2D eigenvalue weighted by molar-refractivity contribution is 5.85. The molecule has 3 nitrogen and oxygen atoms in total. The molecule has 0 atom stereocenters. The smallest absolute Gasteiger partial charge is 0.0446 e. The highest BCUT2D eigenvalue weighted by atomic mass is 35.5. The number of hydrogen-bond acceptors (Lipinski definition) is 3. The molecule has 0 radical (unpaired) electrons. The highest BCUT2D eigenvalue weighted by Crippen LogP contribution is 2.09. The molecule has 0 saturated carbocycles. The van der Waals surface area contributed by atoms with Crippen molar-refractivity contribution in [2.45, 2.75) is 12.8 Å². The fourth-order valence-electron chi connectivity index (χ4n) is 1.06. The van der Waals surface area contributed by atoms with E-state index in [2.05, 4.69) is 5.32 Å². The van der Waals surface area contributed by atoms with Gasteiger partial charge in [0, 0.05) is 11.9 Å².